The van der Waals surface area contributed by atoms with E-state index in [0.29, 0.717) is 0 Å². The largest absolute Gasteiger partial charge is 0.459 e. The summed E-state index contributed by atoms with van der Waals surface area (Å²) in [6.07, 6.45) is -6.43. The van der Waals surface area contributed by atoms with Crippen molar-refractivity contribution in [1.82, 2.24) is 5.32 Å². The van der Waals surface area contributed by atoms with Crippen molar-refractivity contribution in [2.24, 2.45) is 0 Å². The van der Waals surface area contributed by atoms with E-state index in [9.17, 15) is 35.5 Å². The van der Waals surface area contributed by atoms with E-state index < -0.39 is 30.5 Å². The van der Waals surface area contributed by atoms with Crippen LogP contribution in [0.2, 0.25) is 5.02 Å². The number of hydrogen-bond acceptors (Lipinski definition) is 1. The Balaban J connectivity index is 2.78. The number of rotatable bonds is 4. The van der Waals surface area contributed by atoms with Gasteiger partial charge in [-0.2, -0.15) is 30.7 Å². The van der Waals surface area contributed by atoms with Crippen LogP contribution in [0.4, 0.5) is 30.7 Å². The number of carbonyl (C=O) groups excluding carboxylic acids is 1. The zero-order chi connectivity index (χ0) is 16.5. The average Bonchev–Trinajstić information content (AvgIpc) is 2.35. The molecule has 10 heteroatoms. The van der Waals surface area contributed by atoms with Gasteiger partial charge in [-0.3, -0.25) is 4.79 Å². The number of hydrogen-bond donors (Lipinski definition) is 1. The summed E-state index contributed by atoms with van der Waals surface area (Å²) in [5.41, 5.74) is -0.217. The van der Waals surface area contributed by atoms with E-state index >= 15 is 0 Å². The molecule has 0 bridgehead atoms. The average molecular weight is 338 g/mol. The number of alkyl halides is 7. The SMILES string of the molecule is O=C(NCC(F)(F)C(F)(F)C(F)(F)F)c1ccc(Cl)cc1. The lowest BCUT2D eigenvalue weighted by atomic mass is 10.1. The van der Waals surface area contributed by atoms with Crippen molar-refractivity contribution in [3.8, 4) is 0 Å². The Morgan fingerprint density at radius 2 is 1.48 bits per heavy atom. The van der Waals surface area contributed by atoms with Crippen molar-refractivity contribution in [1.29, 1.82) is 0 Å². The summed E-state index contributed by atoms with van der Waals surface area (Å²) in [6.45, 7) is -2.17. The Morgan fingerprint density at radius 1 is 1.00 bits per heavy atom. The minimum atomic E-state index is -6.43. The third-order valence-corrected chi connectivity index (χ3v) is 2.64. The van der Waals surface area contributed by atoms with Crippen molar-refractivity contribution in [2.75, 3.05) is 6.54 Å². The summed E-state index contributed by atoms with van der Waals surface area (Å²) in [4.78, 5) is 11.4. The fraction of sp³-hybridized carbons (Fsp3) is 0.364. The second-order valence-electron chi connectivity index (χ2n) is 3.97. The lowest BCUT2D eigenvalue weighted by Gasteiger charge is -2.28. The highest BCUT2D eigenvalue weighted by Crippen LogP contribution is 2.46. The van der Waals surface area contributed by atoms with Gasteiger partial charge in [0.15, 0.2) is 0 Å². The highest BCUT2D eigenvalue weighted by molar-refractivity contribution is 6.30. The molecule has 0 aromatic heterocycles. The van der Waals surface area contributed by atoms with Gasteiger partial charge in [0.05, 0.1) is 6.54 Å². The van der Waals surface area contributed by atoms with Gasteiger partial charge in [0, 0.05) is 10.6 Å². The molecular weight excluding hydrogens is 331 g/mol. The van der Waals surface area contributed by atoms with Crippen molar-refractivity contribution in [3.05, 3.63) is 34.9 Å². The predicted molar refractivity (Wildman–Crippen MR) is 59.7 cm³/mol. The summed E-state index contributed by atoms with van der Waals surface area (Å²) < 4.78 is 86.6. The smallest absolute Gasteiger partial charge is 0.346 e. The first-order valence-electron chi connectivity index (χ1n) is 5.24. The van der Waals surface area contributed by atoms with Crippen LogP contribution < -0.4 is 5.32 Å². The lowest BCUT2D eigenvalue weighted by molar-refractivity contribution is -0.352. The fourth-order valence-corrected chi connectivity index (χ4v) is 1.34. The lowest BCUT2D eigenvalue weighted by Crippen LogP contribution is -2.56. The van der Waals surface area contributed by atoms with Gasteiger partial charge in [-0.25, -0.2) is 0 Å². The number of halogens is 8. The molecule has 118 valence electrons. The normalized spacial score (nSPS) is 13.1. The minimum Gasteiger partial charge on any atom is -0.346 e. The molecule has 0 heterocycles. The third-order valence-electron chi connectivity index (χ3n) is 2.39. The fourth-order valence-electron chi connectivity index (χ4n) is 1.21. The molecule has 1 aromatic carbocycles. The van der Waals surface area contributed by atoms with Gasteiger partial charge in [-0.1, -0.05) is 11.6 Å². The van der Waals surface area contributed by atoms with Gasteiger partial charge in [0.25, 0.3) is 5.91 Å². The van der Waals surface area contributed by atoms with Crippen LogP contribution in [0.3, 0.4) is 0 Å². The molecule has 1 aromatic rings. The van der Waals surface area contributed by atoms with Crippen LogP contribution in [-0.4, -0.2) is 30.5 Å². The molecule has 21 heavy (non-hydrogen) atoms. The van der Waals surface area contributed by atoms with E-state index in [-0.39, 0.29) is 10.6 Å². The zero-order valence-corrected chi connectivity index (χ0v) is 10.7. The summed E-state index contributed by atoms with van der Waals surface area (Å²) in [5, 5.41) is 1.55. The molecule has 0 radical (unpaired) electrons. The Morgan fingerprint density at radius 3 is 1.90 bits per heavy atom. The number of nitrogens with one attached hydrogen (secondary N) is 1. The molecule has 0 spiro atoms. The van der Waals surface area contributed by atoms with Crippen LogP contribution in [0.25, 0.3) is 0 Å². The maximum Gasteiger partial charge on any atom is 0.459 e. The zero-order valence-electron chi connectivity index (χ0n) is 9.95. The Kier molecular flexibility index (Phi) is 4.76. The molecule has 0 unspecified atom stereocenters. The molecular formula is C11H7ClF7NO. The molecule has 0 aliphatic rings. The van der Waals surface area contributed by atoms with Gasteiger partial charge in [-0.15, -0.1) is 0 Å². The molecule has 0 atom stereocenters. The highest BCUT2D eigenvalue weighted by atomic mass is 35.5. The van der Waals surface area contributed by atoms with Gasteiger partial charge in [-0.05, 0) is 24.3 Å². The third kappa shape index (κ3) is 3.78. The van der Waals surface area contributed by atoms with Crippen LogP contribution in [0.5, 0.6) is 0 Å². The first-order valence-corrected chi connectivity index (χ1v) is 5.62. The van der Waals surface area contributed by atoms with Crippen molar-refractivity contribution >= 4 is 17.5 Å². The van der Waals surface area contributed by atoms with E-state index in [4.69, 9.17) is 11.6 Å². The van der Waals surface area contributed by atoms with Crippen LogP contribution >= 0.6 is 11.6 Å². The quantitative estimate of drug-likeness (QED) is 0.829. The highest BCUT2D eigenvalue weighted by Gasteiger charge is 2.72. The van der Waals surface area contributed by atoms with E-state index in [0.717, 1.165) is 12.1 Å². The van der Waals surface area contributed by atoms with E-state index in [1.54, 1.807) is 0 Å². The van der Waals surface area contributed by atoms with Gasteiger partial charge in [0.2, 0.25) is 0 Å². The van der Waals surface area contributed by atoms with Gasteiger partial charge in [0.1, 0.15) is 0 Å². The Labute approximate surface area is 118 Å². The van der Waals surface area contributed by atoms with Crippen LogP contribution in [-0.2, 0) is 0 Å². The number of amides is 1. The molecule has 0 aliphatic heterocycles. The summed E-state index contributed by atoms with van der Waals surface area (Å²) in [6, 6.07) is 4.63. The summed E-state index contributed by atoms with van der Waals surface area (Å²) in [5.74, 6) is -13.0. The first kappa shape index (κ1) is 17.5. The summed E-state index contributed by atoms with van der Waals surface area (Å²) in [7, 11) is 0. The molecule has 0 saturated carbocycles. The van der Waals surface area contributed by atoms with E-state index in [1.165, 1.54) is 17.4 Å². The van der Waals surface area contributed by atoms with Gasteiger partial charge < -0.3 is 5.32 Å². The van der Waals surface area contributed by atoms with E-state index in [2.05, 4.69) is 0 Å². The summed E-state index contributed by atoms with van der Waals surface area (Å²) >= 11 is 5.50. The van der Waals surface area contributed by atoms with Crippen LogP contribution in [0.1, 0.15) is 10.4 Å². The predicted octanol–water partition coefficient (Wildman–Crippen LogP) is 3.90. The van der Waals surface area contributed by atoms with Gasteiger partial charge >= 0.3 is 18.0 Å². The topological polar surface area (TPSA) is 29.1 Å². The Bertz CT molecular complexity index is 512. The second-order valence-corrected chi connectivity index (χ2v) is 4.40. The molecule has 1 amide bonds. The maximum absolute atomic E-state index is 12.9. The first-order chi connectivity index (χ1) is 9.38. The molecule has 1 N–H and O–H groups in total. The van der Waals surface area contributed by atoms with E-state index in [1.807, 2.05) is 0 Å². The van der Waals surface area contributed by atoms with Crippen LogP contribution in [0.15, 0.2) is 24.3 Å². The van der Waals surface area contributed by atoms with Crippen molar-refractivity contribution in [3.63, 3.8) is 0 Å². The monoisotopic (exact) mass is 337 g/mol. The maximum atomic E-state index is 12.9. The molecule has 0 fully saturated rings. The molecule has 1 rings (SSSR count). The molecule has 2 nitrogen and oxygen atoms in total. The van der Waals surface area contributed by atoms with Crippen LogP contribution in [0, 0.1) is 0 Å². The number of carbonyl (C=O) groups is 1. The van der Waals surface area contributed by atoms with Crippen molar-refractivity contribution in [2.45, 2.75) is 18.0 Å². The minimum absolute atomic E-state index is 0.217. The molecule has 0 saturated heterocycles. The standard InChI is InChI=1S/C11H7ClF7NO/c12-7-3-1-6(2-4-7)8(21)20-5-9(13,14)10(15,16)11(17,18)19/h1-4H,5H2,(H,20,21). The molecule has 0 aliphatic carbocycles. The Hall–Kier alpha value is -1.51. The number of benzene rings is 1. The second kappa shape index (κ2) is 5.70. The van der Waals surface area contributed by atoms with Crippen molar-refractivity contribution < 1.29 is 35.5 Å².